The Morgan fingerprint density at radius 3 is 1.88 bits per heavy atom. The van der Waals surface area contributed by atoms with Gasteiger partial charge in [-0.3, -0.25) is 19.6 Å². The molecule has 0 aliphatic rings. The molecule has 42 heavy (non-hydrogen) atoms. The first-order chi connectivity index (χ1) is 20.1. The van der Waals surface area contributed by atoms with Gasteiger partial charge < -0.3 is 54.5 Å². The summed E-state index contributed by atoms with van der Waals surface area (Å²) < 4.78 is 11.8. The fourth-order valence-electron chi connectivity index (χ4n) is 3.52. The van der Waals surface area contributed by atoms with Gasteiger partial charge in [0.25, 0.3) is 5.91 Å². The summed E-state index contributed by atoms with van der Waals surface area (Å²) in [6.07, 6.45) is 4.81. The van der Waals surface area contributed by atoms with Crippen LogP contribution in [0.1, 0.15) is 43.2 Å². The zero-order valence-corrected chi connectivity index (χ0v) is 25.7. The van der Waals surface area contributed by atoms with Crippen molar-refractivity contribution in [3.05, 3.63) is 35.0 Å². The van der Waals surface area contributed by atoms with Gasteiger partial charge in [0.05, 0.1) is 24.8 Å². The van der Waals surface area contributed by atoms with E-state index in [0.717, 1.165) is 24.0 Å². The second-order valence-corrected chi connectivity index (χ2v) is 9.78. The molecule has 0 unspecified atom stereocenters. The van der Waals surface area contributed by atoms with Crippen molar-refractivity contribution >= 4 is 49.0 Å². The lowest BCUT2D eigenvalue weighted by atomic mass is 10.1. The number of nitrogens with one attached hydrogen (secondary N) is 2. The van der Waals surface area contributed by atoms with Gasteiger partial charge >= 0.3 is 0 Å². The summed E-state index contributed by atoms with van der Waals surface area (Å²) in [7, 11) is 0. The number of allylic oxidation sites excluding steroid dienone is 1. The molecule has 236 valence electrons. The fourth-order valence-corrected chi connectivity index (χ4v) is 4.11. The molecular weight excluding hydrogens is 580 g/mol. The van der Waals surface area contributed by atoms with Crippen LogP contribution in [-0.2, 0) is 21.1 Å². The van der Waals surface area contributed by atoms with Gasteiger partial charge in [-0.05, 0) is 55.4 Å². The third kappa shape index (κ3) is 15.5. The highest BCUT2D eigenvalue weighted by Gasteiger charge is 2.14. The van der Waals surface area contributed by atoms with E-state index in [1.54, 1.807) is 6.08 Å². The predicted molar refractivity (Wildman–Crippen MR) is 174 cm³/mol. The van der Waals surface area contributed by atoms with E-state index in [-0.39, 0.29) is 49.8 Å². The average molecular weight is 627 g/mol. The average Bonchev–Trinajstić information content (AvgIpc) is 2.96. The van der Waals surface area contributed by atoms with Crippen LogP contribution in [0.15, 0.2) is 33.9 Å². The van der Waals surface area contributed by atoms with E-state index in [0.29, 0.717) is 55.4 Å². The number of hydrogen-bond acceptors (Lipinski definition) is 10. The van der Waals surface area contributed by atoms with Crippen LogP contribution in [0.4, 0.5) is 0 Å². The van der Waals surface area contributed by atoms with Crippen LogP contribution >= 0.6 is 25.3 Å². The summed E-state index contributed by atoms with van der Waals surface area (Å²) in [6, 6.07) is 3.02. The number of thiol groups is 2. The van der Waals surface area contributed by atoms with Gasteiger partial charge in [0, 0.05) is 24.6 Å². The number of guanidine groups is 2. The predicted octanol–water partition coefficient (Wildman–Crippen LogP) is -0.797. The molecule has 14 nitrogen and oxygen atoms in total. The fraction of sp³-hybridized carbons (Fsp3) is 0.538. The van der Waals surface area contributed by atoms with Gasteiger partial charge in [-0.25, -0.2) is 0 Å². The third-order valence-electron chi connectivity index (χ3n) is 5.75. The standard InChI is InChI=1S/C26H46N10O4S2/c27-19(5-1-3-7-35-25(29)30)23(37)33-9-11-39-21-13-17(15-41)18(16-42)14-22(21)40-12-10-34-24(38)20(28)6-2-4-8-36-26(31)32/h5,13-14,20,41-42H,1-4,6-12,15-16,27-28H2,(H,33,37)(H,34,38)(H4,29,30,35)(H4,31,32,36)/b19-5-/t20-/m1/s1. The van der Waals surface area contributed by atoms with Crippen LogP contribution < -0.4 is 54.5 Å². The maximum atomic E-state index is 12.3. The molecule has 0 radical (unpaired) electrons. The Balaban J connectivity index is 2.58. The lowest BCUT2D eigenvalue weighted by molar-refractivity contribution is -0.122. The number of nitrogens with zero attached hydrogens (tertiary/aromatic N) is 2. The van der Waals surface area contributed by atoms with Crippen LogP contribution in [0.2, 0.25) is 0 Å². The number of ether oxygens (including phenoxy) is 2. The minimum atomic E-state index is -0.641. The Labute approximate surface area is 258 Å². The van der Waals surface area contributed by atoms with Crippen molar-refractivity contribution in [3.8, 4) is 11.5 Å². The van der Waals surface area contributed by atoms with E-state index in [1.807, 2.05) is 12.1 Å². The summed E-state index contributed by atoms with van der Waals surface area (Å²) in [6.45, 7) is 1.77. The molecule has 2 amide bonds. The minimum Gasteiger partial charge on any atom is -0.488 e. The van der Waals surface area contributed by atoms with E-state index in [4.69, 9.17) is 43.9 Å². The molecule has 0 aliphatic carbocycles. The molecule has 0 bridgehead atoms. The quantitative estimate of drug-likeness (QED) is 0.0267. The Kier molecular flexibility index (Phi) is 18.5. The Hall–Kier alpha value is -3.50. The number of hydrogen-bond donors (Lipinski definition) is 10. The largest absolute Gasteiger partial charge is 0.488 e. The van der Waals surface area contributed by atoms with E-state index in [2.05, 4.69) is 45.9 Å². The zero-order valence-electron chi connectivity index (χ0n) is 23.9. The number of amides is 2. The molecule has 0 spiro atoms. The van der Waals surface area contributed by atoms with Crippen molar-refractivity contribution in [2.24, 2.45) is 44.4 Å². The monoisotopic (exact) mass is 626 g/mol. The van der Waals surface area contributed by atoms with Crippen molar-refractivity contribution in [2.45, 2.75) is 49.7 Å². The Morgan fingerprint density at radius 2 is 1.36 bits per heavy atom. The first-order valence-corrected chi connectivity index (χ1v) is 14.9. The summed E-state index contributed by atoms with van der Waals surface area (Å²) in [4.78, 5) is 32.3. The van der Waals surface area contributed by atoms with Crippen molar-refractivity contribution in [3.63, 3.8) is 0 Å². The molecule has 0 heterocycles. The SMILES string of the molecule is NC(N)=NCCC/C=C(\N)C(=O)NCCOc1cc(CS)c(CS)cc1OCCNC(=O)[C@H](N)CCCCN=C(N)N. The smallest absolute Gasteiger partial charge is 0.266 e. The van der Waals surface area contributed by atoms with Crippen LogP contribution in [0.25, 0.3) is 0 Å². The maximum Gasteiger partial charge on any atom is 0.266 e. The molecule has 1 atom stereocenters. The number of aliphatic imine (C=N–C) groups is 2. The highest BCUT2D eigenvalue weighted by atomic mass is 32.1. The topological polar surface area (TPSA) is 258 Å². The number of carbonyl (C=O) groups is 2. The Bertz CT molecular complexity index is 1080. The van der Waals surface area contributed by atoms with Crippen molar-refractivity contribution < 1.29 is 19.1 Å². The number of nitrogens with two attached hydrogens (primary N) is 6. The van der Waals surface area contributed by atoms with Crippen molar-refractivity contribution in [1.82, 2.24) is 10.6 Å². The summed E-state index contributed by atoms with van der Waals surface area (Å²) in [5.41, 5.74) is 34.9. The normalized spacial score (nSPS) is 11.7. The molecule has 1 rings (SSSR count). The molecule has 1 aromatic rings. The summed E-state index contributed by atoms with van der Waals surface area (Å²) in [5, 5.41) is 5.49. The van der Waals surface area contributed by atoms with E-state index in [1.165, 1.54) is 0 Å². The highest BCUT2D eigenvalue weighted by molar-refractivity contribution is 7.79. The third-order valence-corrected chi connectivity index (χ3v) is 6.43. The summed E-state index contributed by atoms with van der Waals surface area (Å²) in [5.74, 6) is 1.32. The molecule has 1 aromatic carbocycles. The number of unbranched alkanes of at least 4 members (excludes halogenated alkanes) is 2. The van der Waals surface area contributed by atoms with Crippen molar-refractivity contribution in [2.75, 3.05) is 39.4 Å². The molecule has 0 saturated carbocycles. The second kappa shape index (κ2) is 21.2. The van der Waals surface area contributed by atoms with Crippen molar-refractivity contribution in [1.29, 1.82) is 0 Å². The van der Waals surface area contributed by atoms with Gasteiger partial charge in [0.15, 0.2) is 23.4 Å². The van der Waals surface area contributed by atoms with Crippen LogP contribution in [0.3, 0.4) is 0 Å². The van der Waals surface area contributed by atoms with Gasteiger partial charge in [-0.1, -0.05) is 6.08 Å². The molecule has 0 fully saturated rings. The van der Waals surface area contributed by atoms with Gasteiger partial charge in [-0.15, -0.1) is 0 Å². The Morgan fingerprint density at radius 1 is 0.833 bits per heavy atom. The van der Waals surface area contributed by atoms with E-state index in [9.17, 15) is 9.59 Å². The summed E-state index contributed by atoms with van der Waals surface area (Å²) >= 11 is 8.79. The van der Waals surface area contributed by atoms with Crippen LogP contribution in [0, 0.1) is 0 Å². The van der Waals surface area contributed by atoms with Gasteiger partial charge in [0.1, 0.15) is 13.2 Å². The number of carbonyl (C=O) groups excluding carboxylic acids is 2. The molecule has 16 heteroatoms. The molecule has 0 aliphatic heterocycles. The zero-order chi connectivity index (χ0) is 31.3. The second-order valence-electron chi connectivity index (χ2n) is 9.14. The molecule has 14 N–H and O–H groups in total. The number of rotatable bonds is 21. The van der Waals surface area contributed by atoms with Gasteiger partial charge in [-0.2, -0.15) is 25.3 Å². The lowest BCUT2D eigenvalue weighted by Crippen LogP contribution is -2.42. The van der Waals surface area contributed by atoms with Crippen LogP contribution in [0.5, 0.6) is 11.5 Å². The van der Waals surface area contributed by atoms with E-state index < -0.39 is 11.9 Å². The molecule has 0 aromatic heterocycles. The van der Waals surface area contributed by atoms with E-state index >= 15 is 0 Å². The van der Waals surface area contributed by atoms with Crippen LogP contribution in [-0.4, -0.2) is 69.2 Å². The number of benzene rings is 1. The maximum absolute atomic E-state index is 12.3. The first-order valence-electron chi connectivity index (χ1n) is 13.6. The highest BCUT2D eigenvalue weighted by Crippen LogP contribution is 2.32. The minimum absolute atomic E-state index is 0.0241. The molecule has 0 saturated heterocycles. The van der Waals surface area contributed by atoms with Gasteiger partial charge in [0.2, 0.25) is 5.91 Å². The first kappa shape index (κ1) is 36.5. The lowest BCUT2D eigenvalue weighted by Gasteiger charge is -2.17. The molecular formula is C26H46N10O4S2.